The van der Waals surface area contributed by atoms with Crippen LogP contribution < -0.4 is 10.0 Å². The predicted octanol–water partition coefficient (Wildman–Crippen LogP) is 1.32. The molecule has 0 aliphatic carbocycles. The Morgan fingerprint density at radius 2 is 2.10 bits per heavy atom. The number of hydrogen-bond acceptors (Lipinski definition) is 5. The first kappa shape index (κ1) is 15.3. The summed E-state index contributed by atoms with van der Waals surface area (Å²) >= 11 is 0.0832. The van der Waals surface area contributed by atoms with Gasteiger partial charge in [-0.3, -0.25) is 4.79 Å². The lowest BCUT2D eigenvalue weighted by molar-refractivity contribution is -0.134. The Morgan fingerprint density at radius 3 is 2.60 bits per heavy atom. The fourth-order valence-corrected chi connectivity index (χ4v) is 3.97. The average molecular weight is 328 g/mol. The minimum absolute atomic E-state index is 0.0832. The normalized spacial score (nSPS) is 20.1. The maximum atomic E-state index is 12.4. The van der Waals surface area contributed by atoms with E-state index in [4.69, 9.17) is 0 Å². The van der Waals surface area contributed by atoms with Gasteiger partial charge in [-0.05, 0) is 31.5 Å². The van der Waals surface area contributed by atoms with Crippen LogP contribution in [0.15, 0.2) is 16.3 Å². The van der Waals surface area contributed by atoms with Gasteiger partial charge in [0.15, 0.2) is 0 Å². The number of rotatable bonds is 3. The topological polar surface area (TPSA) is 75.3 Å². The molecule has 1 fully saturated rings. The van der Waals surface area contributed by atoms with Crippen molar-refractivity contribution in [3.8, 4) is 0 Å². The number of halogens is 3. The standard InChI is InChI=1S/C10H11F3N2O3S2/c11-10(12,13)7-3-4-8(19-7)20(17,18)15-9(16)6-2-1-5-14-6/h3-4,6,14H,1-2,5H2,(H,15,16). The van der Waals surface area contributed by atoms with E-state index in [9.17, 15) is 26.4 Å². The van der Waals surface area contributed by atoms with Crippen LogP contribution in [-0.4, -0.2) is 26.9 Å². The lowest BCUT2D eigenvalue weighted by atomic mass is 10.2. The molecule has 5 nitrogen and oxygen atoms in total. The number of thiophene rings is 1. The third kappa shape index (κ3) is 3.30. The molecule has 0 spiro atoms. The maximum absolute atomic E-state index is 12.4. The lowest BCUT2D eigenvalue weighted by Crippen LogP contribution is -2.42. The number of carbonyl (C=O) groups is 1. The summed E-state index contributed by atoms with van der Waals surface area (Å²) < 4.78 is 62.2. The highest BCUT2D eigenvalue weighted by Crippen LogP contribution is 2.36. The van der Waals surface area contributed by atoms with E-state index >= 15 is 0 Å². The Bertz CT molecular complexity index is 604. The number of nitrogens with one attached hydrogen (secondary N) is 2. The van der Waals surface area contributed by atoms with Gasteiger partial charge in [0.25, 0.3) is 15.9 Å². The Hall–Kier alpha value is -1.13. The summed E-state index contributed by atoms with van der Waals surface area (Å²) in [5.74, 6) is -0.746. The van der Waals surface area contributed by atoms with E-state index < -0.39 is 37.2 Å². The first-order chi connectivity index (χ1) is 9.20. The Morgan fingerprint density at radius 1 is 1.40 bits per heavy atom. The number of alkyl halides is 3. The molecule has 10 heteroatoms. The van der Waals surface area contributed by atoms with Gasteiger partial charge >= 0.3 is 6.18 Å². The molecule has 1 aromatic rings. The highest BCUT2D eigenvalue weighted by Gasteiger charge is 2.35. The maximum Gasteiger partial charge on any atom is 0.425 e. The SMILES string of the molecule is O=C(NS(=O)(=O)c1ccc(C(F)(F)F)s1)C1CCCN1. The predicted molar refractivity (Wildman–Crippen MR) is 65.7 cm³/mol. The summed E-state index contributed by atoms with van der Waals surface area (Å²) in [5, 5.41) is 2.81. The molecule has 1 aliphatic heterocycles. The Labute approximate surface area is 117 Å². The monoisotopic (exact) mass is 328 g/mol. The van der Waals surface area contributed by atoms with Crippen LogP contribution >= 0.6 is 11.3 Å². The number of carbonyl (C=O) groups excluding carboxylic acids is 1. The van der Waals surface area contributed by atoms with E-state index in [2.05, 4.69) is 5.32 Å². The van der Waals surface area contributed by atoms with Crippen LogP contribution in [0.4, 0.5) is 13.2 Å². The van der Waals surface area contributed by atoms with Crippen molar-refractivity contribution in [1.82, 2.24) is 10.0 Å². The number of sulfonamides is 1. The number of hydrogen-bond donors (Lipinski definition) is 2. The van der Waals surface area contributed by atoms with Crippen molar-refractivity contribution < 1.29 is 26.4 Å². The minimum atomic E-state index is -4.60. The zero-order valence-electron chi connectivity index (χ0n) is 10.0. The van der Waals surface area contributed by atoms with Gasteiger partial charge in [-0.25, -0.2) is 13.1 Å². The van der Waals surface area contributed by atoms with Crippen molar-refractivity contribution >= 4 is 27.3 Å². The summed E-state index contributed by atoms with van der Waals surface area (Å²) in [7, 11) is -4.26. The molecule has 1 atom stereocenters. The molecule has 1 amide bonds. The van der Waals surface area contributed by atoms with E-state index in [-0.39, 0.29) is 11.3 Å². The molecular weight excluding hydrogens is 317 g/mol. The molecule has 0 radical (unpaired) electrons. The molecule has 2 heterocycles. The average Bonchev–Trinajstić information content (AvgIpc) is 3.00. The van der Waals surface area contributed by atoms with Crippen LogP contribution in [0, 0.1) is 0 Å². The summed E-state index contributed by atoms with van der Waals surface area (Å²) in [6, 6.07) is 0.898. The van der Waals surface area contributed by atoms with Crippen molar-refractivity contribution in [2.45, 2.75) is 29.3 Å². The fraction of sp³-hybridized carbons (Fsp3) is 0.500. The highest BCUT2D eigenvalue weighted by molar-refractivity contribution is 7.92. The van der Waals surface area contributed by atoms with Gasteiger partial charge in [0.1, 0.15) is 9.09 Å². The van der Waals surface area contributed by atoms with Gasteiger partial charge in [0.2, 0.25) is 0 Å². The fourth-order valence-electron chi connectivity index (χ4n) is 1.78. The third-order valence-corrected chi connectivity index (χ3v) is 5.71. The molecule has 2 rings (SSSR count). The van der Waals surface area contributed by atoms with Gasteiger partial charge in [-0.2, -0.15) is 13.2 Å². The molecule has 1 saturated heterocycles. The molecular formula is C10H11F3N2O3S2. The van der Waals surface area contributed by atoms with Crippen LogP contribution in [0.2, 0.25) is 0 Å². The third-order valence-electron chi connectivity index (χ3n) is 2.74. The van der Waals surface area contributed by atoms with E-state index in [1.807, 2.05) is 0 Å². The largest absolute Gasteiger partial charge is 0.425 e. The second-order valence-electron chi connectivity index (χ2n) is 4.24. The second-order valence-corrected chi connectivity index (χ2v) is 7.23. The van der Waals surface area contributed by atoms with E-state index in [0.29, 0.717) is 19.0 Å². The van der Waals surface area contributed by atoms with Gasteiger partial charge in [-0.15, -0.1) is 11.3 Å². The van der Waals surface area contributed by atoms with Crippen molar-refractivity contribution in [1.29, 1.82) is 0 Å². The zero-order chi connectivity index (χ0) is 15.0. The van der Waals surface area contributed by atoms with Crippen LogP contribution in [0.25, 0.3) is 0 Å². The molecule has 1 aliphatic rings. The van der Waals surface area contributed by atoms with Crippen LogP contribution in [0.5, 0.6) is 0 Å². The molecule has 2 N–H and O–H groups in total. The van der Waals surface area contributed by atoms with E-state index in [1.54, 1.807) is 4.72 Å². The van der Waals surface area contributed by atoms with Crippen molar-refractivity contribution in [2.24, 2.45) is 0 Å². The molecule has 112 valence electrons. The van der Waals surface area contributed by atoms with Crippen LogP contribution in [0.1, 0.15) is 17.7 Å². The van der Waals surface area contributed by atoms with Crippen LogP contribution in [0.3, 0.4) is 0 Å². The molecule has 20 heavy (non-hydrogen) atoms. The quantitative estimate of drug-likeness (QED) is 0.878. The second kappa shape index (κ2) is 5.34. The summed E-state index contributed by atoms with van der Waals surface area (Å²) in [6.45, 7) is 0.607. The smallest absolute Gasteiger partial charge is 0.306 e. The lowest BCUT2D eigenvalue weighted by Gasteiger charge is -2.10. The van der Waals surface area contributed by atoms with Crippen molar-refractivity contribution in [2.75, 3.05) is 6.54 Å². The summed E-state index contributed by atoms with van der Waals surface area (Å²) in [6.07, 6.45) is -3.36. The zero-order valence-corrected chi connectivity index (χ0v) is 11.7. The van der Waals surface area contributed by atoms with Crippen molar-refractivity contribution in [3.05, 3.63) is 17.0 Å². The molecule has 0 bridgehead atoms. The minimum Gasteiger partial charge on any atom is -0.306 e. The Kier molecular flexibility index (Phi) is 4.07. The van der Waals surface area contributed by atoms with Crippen molar-refractivity contribution in [3.63, 3.8) is 0 Å². The van der Waals surface area contributed by atoms with Gasteiger partial charge in [0.05, 0.1) is 6.04 Å². The molecule has 1 aromatic heterocycles. The Balaban J connectivity index is 2.14. The van der Waals surface area contributed by atoms with Crippen LogP contribution in [-0.2, 0) is 21.0 Å². The van der Waals surface area contributed by atoms with Gasteiger partial charge in [0, 0.05) is 0 Å². The highest BCUT2D eigenvalue weighted by atomic mass is 32.2. The number of amides is 1. The summed E-state index contributed by atoms with van der Waals surface area (Å²) in [4.78, 5) is 10.6. The first-order valence-electron chi connectivity index (χ1n) is 5.67. The molecule has 0 aromatic carbocycles. The van der Waals surface area contributed by atoms with Gasteiger partial charge < -0.3 is 5.32 Å². The van der Waals surface area contributed by atoms with E-state index in [1.165, 1.54) is 0 Å². The summed E-state index contributed by atoms with van der Waals surface area (Å²) in [5.41, 5.74) is 0. The molecule has 0 saturated carbocycles. The van der Waals surface area contributed by atoms with Gasteiger partial charge in [-0.1, -0.05) is 0 Å². The first-order valence-corrected chi connectivity index (χ1v) is 7.97. The van der Waals surface area contributed by atoms with E-state index in [0.717, 1.165) is 12.5 Å². The molecule has 1 unspecified atom stereocenters.